The van der Waals surface area contributed by atoms with Gasteiger partial charge in [0.15, 0.2) is 0 Å². The normalized spacial score (nSPS) is 43.0. The van der Waals surface area contributed by atoms with Crippen LogP contribution in [0, 0.1) is 0 Å². The number of rotatable bonds is 2. The van der Waals surface area contributed by atoms with Crippen molar-refractivity contribution in [1.82, 2.24) is 0 Å². The molecule has 1 heterocycles. The minimum Gasteiger partial charge on any atom is -0.463 e. The Morgan fingerprint density at radius 3 is 3.07 bits per heavy atom. The SMILES string of the molecule is CC(=O)OC[C@@H]1C[C@@]2(O)C=C[C@@H](O1)[C@@H]2O. The fourth-order valence-electron chi connectivity index (χ4n) is 2.00. The number of carbonyl (C=O) groups excluding carboxylic acids is 1. The molecular weight excluding hydrogens is 200 g/mol. The van der Waals surface area contributed by atoms with E-state index >= 15 is 0 Å². The third kappa shape index (κ3) is 1.90. The monoisotopic (exact) mass is 214 g/mol. The van der Waals surface area contributed by atoms with E-state index < -0.39 is 17.8 Å². The van der Waals surface area contributed by atoms with Crippen molar-refractivity contribution in [3.05, 3.63) is 12.2 Å². The third-order valence-corrected chi connectivity index (χ3v) is 2.77. The number of hydrogen-bond donors (Lipinski definition) is 2. The Hall–Kier alpha value is -0.910. The van der Waals surface area contributed by atoms with E-state index in [1.54, 1.807) is 12.2 Å². The van der Waals surface area contributed by atoms with E-state index in [9.17, 15) is 15.0 Å². The molecule has 1 saturated heterocycles. The van der Waals surface area contributed by atoms with E-state index in [0.29, 0.717) is 0 Å². The molecule has 2 bridgehead atoms. The summed E-state index contributed by atoms with van der Waals surface area (Å²) in [5.74, 6) is -0.378. The van der Waals surface area contributed by atoms with E-state index in [-0.39, 0.29) is 25.1 Å². The van der Waals surface area contributed by atoms with E-state index in [4.69, 9.17) is 9.47 Å². The summed E-state index contributed by atoms with van der Waals surface area (Å²) in [4.78, 5) is 10.6. The Kier molecular flexibility index (Phi) is 2.54. The number of carbonyl (C=O) groups is 1. The molecule has 1 aliphatic heterocycles. The predicted molar refractivity (Wildman–Crippen MR) is 50.0 cm³/mol. The van der Waals surface area contributed by atoms with Crippen LogP contribution in [0.5, 0.6) is 0 Å². The number of hydrogen-bond acceptors (Lipinski definition) is 5. The fourth-order valence-corrected chi connectivity index (χ4v) is 2.00. The summed E-state index contributed by atoms with van der Waals surface area (Å²) in [6.07, 6.45) is 1.67. The Morgan fingerprint density at radius 1 is 1.73 bits per heavy atom. The van der Waals surface area contributed by atoms with Crippen LogP contribution in [0.2, 0.25) is 0 Å². The highest BCUT2D eigenvalue weighted by Crippen LogP contribution is 2.36. The van der Waals surface area contributed by atoms with Gasteiger partial charge in [0.25, 0.3) is 0 Å². The van der Waals surface area contributed by atoms with Gasteiger partial charge in [-0.2, -0.15) is 0 Å². The molecule has 0 spiro atoms. The molecule has 4 atom stereocenters. The quantitative estimate of drug-likeness (QED) is 0.473. The van der Waals surface area contributed by atoms with E-state index in [1.165, 1.54) is 6.92 Å². The summed E-state index contributed by atoms with van der Waals surface area (Å²) < 4.78 is 10.2. The highest BCUT2D eigenvalue weighted by molar-refractivity contribution is 5.65. The van der Waals surface area contributed by atoms with Gasteiger partial charge in [-0.25, -0.2) is 0 Å². The van der Waals surface area contributed by atoms with Gasteiger partial charge in [0.2, 0.25) is 0 Å². The number of ether oxygens (including phenoxy) is 2. The molecule has 15 heavy (non-hydrogen) atoms. The molecule has 0 saturated carbocycles. The lowest BCUT2D eigenvalue weighted by molar-refractivity contribution is -0.186. The lowest BCUT2D eigenvalue weighted by Gasteiger charge is -2.38. The molecule has 0 aromatic rings. The van der Waals surface area contributed by atoms with Gasteiger partial charge in [-0.1, -0.05) is 12.2 Å². The van der Waals surface area contributed by atoms with Crippen LogP contribution < -0.4 is 0 Å². The summed E-state index contributed by atoms with van der Waals surface area (Å²) >= 11 is 0. The Balaban J connectivity index is 1.96. The van der Waals surface area contributed by atoms with Gasteiger partial charge in [0, 0.05) is 13.3 Å². The first-order valence-electron chi connectivity index (χ1n) is 4.90. The first-order valence-corrected chi connectivity index (χ1v) is 4.90. The van der Waals surface area contributed by atoms with E-state index in [2.05, 4.69) is 0 Å². The molecular formula is C10H14O5. The Morgan fingerprint density at radius 2 is 2.47 bits per heavy atom. The molecule has 1 fully saturated rings. The maximum atomic E-state index is 10.6. The van der Waals surface area contributed by atoms with Crippen molar-refractivity contribution in [2.45, 2.75) is 37.3 Å². The fraction of sp³-hybridized carbons (Fsp3) is 0.700. The van der Waals surface area contributed by atoms with Gasteiger partial charge in [0.1, 0.15) is 24.4 Å². The number of aliphatic hydroxyl groups is 2. The van der Waals surface area contributed by atoms with E-state index in [0.717, 1.165) is 0 Å². The van der Waals surface area contributed by atoms with Gasteiger partial charge in [0.05, 0.1) is 6.10 Å². The maximum absolute atomic E-state index is 10.6. The molecule has 0 radical (unpaired) electrons. The number of aliphatic hydroxyl groups excluding tert-OH is 1. The third-order valence-electron chi connectivity index (χ3n) is 2.77. The minimum atomic E-state index is -1.23. The first-order chi connectivity index (χ1) is 7.01. The zero-order valence-electron chi connectivity index (χ0n) is 8.42. The van der Waals surface area contributed by atoms with Gasteiger partial charge in [-0.15, -0.1) is 0 Å². The number of esters is 1. The van der Waals surface area contributed by atoms with Crippen molar-refractivity contribution in [2.24, 2.45) is 0 Å². The molecule has 0 aromatic heterocycles. The van der Waals surface area contributed by atoms with Gasteiger partial charge < -0.3 is 19.7 Å². The number of fused-ring (bicyclic) bond motifs is 2. The van der Waals surface area contributed by atoms with Crippen LogP contribution >= 0.6 is 0 Å². The van der Waals surface area contributed by atoms with Crippen molar-refractivity contribution in [3.63, 3.8) is 0 Å². The second-order valence-electron chi connectivity index (χ2n) is 4.02. The maximum Gasteiger partial charge on any atom is 0.302 e. The molecule has 84 valence electrons. The average molecular weight is 214 g/mol. The first kappa shape index (κ1) is 10.6. The smallest absolute Gasteiger partial charge is 0.302 e. The van der Waals surface area contributed by atoms with Crippen molar-refractivity contribution in [3.8, 4) is 0 Å². The Labute approximate surface area is 87.3 Å². The highest BCUT2D eigenvalue weighted by atomic mass is 16.6. The molecule has 2 rings (SSSR count). The van der Waals surface area contributed by atoms with Crippen LogP contribution in [0.15, 0.2) is 12.2 Å². The van der Waals surface area contributed by atoms with Crippen LogP contribution in [-0.2, 0) is 14.3 Å². The van der Waals surface area contributed by atoms with Crippen molar-refractivity contribution in [2.75, 3.05) is 6.61 Å². The molecule has 0 unspecified atom stereocenters. The summed E-state index contributed by atoms with van der Waals surface area (Å²) in [6.45, 7) is 1.43. The second kappa shape index (κ2) is 3.59. The van der Waals surface area contributed by atoms with Gasteiger partial charge >= 0.3 is 5.97 Å². The van der Waals surface area contributed by atoms with Crippen LogP contribution in [0.4, 0.5) is 0 Å². The molecule has 0 amide bonds. The van der Waals surface area contributed by atoms with Crippen molar-refractivity contribution in [1.29, 1.82) is 0 Å². The van der Waals surface area contributed by atoms with Crippen molar-refractivity contribution < 1.29 is 24.5 Å². The predicted octanol–water partition coefficient (Wildman–Crippen LogP) is -0.631. The zero-order valence-corrected chi connectivity index (χ0v) is 8.42. The van der Waals surface area contributed by atoms with Crippen LogP contribution in [0.25, 0.3) is 0 Å². The lowest BCUT2D eigenvalue weighted by Crippen LogP contribution is -2.52. The summed E-state index contributed by atoms with van der Waals surface area (Å²) in [5.41, 5.74) is -1.23. The van der Waals surface area contributed by atoms with Crippen LogP contribution in [0.3, 0.4) is 0 Å². The second-order valence-corrected chi connectivity index (χ2v) is 4.02. The largest absolute Gasteiger partial charge is 0.463 e. The van der Waals surface area contributed by atoms with Crippen molar-refractivity contribution >= 4 is 5.97 Å². The average Bonchev–Trinajstić information content (AvgIpc) is 2.38. The topological polar surface area (TPSA) is 76.0 Å². The standard InChI is InChI=1S/C10H14O5/c1-6(11)14-5-7-4-10(13)3-2-8(15-7)9(10)12/h2-3,7-9,12-13H,4-5H2,1H3/t7-,8+,9-,10-/m0/s1. The summed E-state index contributed by atoms with van der Waals surface area (Å²) in [5, 5.41) is 19.6. The molecule has 5 heteroatoms. The Bertz CT molecular complexity index is 300. The summed E-state index contributed by atoms with van der Waals surface area (Å²) in [6, 6.07) is 0. The van der Waals surface area contributed by atoms with Crippen LogP contribution in [-0.4, -0.2) is 46.7 Å². The van der Waals surface area contributed by atoms with Gasteiger partial charge in [-0.3, -0.25) is 4.79 Å². The molecule has 2 aliphatic rings. The van der Waals surface area contributed by atoms with Crippen LogP contribution in [0.1, 0.15) is 13.3 Å². The molecule has 0 aromatic carbocycles. The highest BCUT2D eigenvalue weighted by Gasteiger charge is 2.49. The zero-order chi connectivity index (χ0) is 11.1. The minimum absolute atomic E-state index is 0.114. The van der Waals surface area contributed by atoms with Gasteiger partial charge in [-0.05, 0) is 0 Å². The molecule has 5 nitrogen and oxygen atoms in total. The lowest BCUT2D eigenvalue weighted by atomic mass is 9.90. The molecule has 2 N–H and O–H groups in total. The summed E-state index contributed by atoms with van der Waals surface area (Å²) in [7, 11) is 0. The van der Waals surface area contributed by atoms with E-state index in [1.807, 2.05) is 0 Å². The molecule has 1 aliphatic carbocycles.